The molecule has 1 aromatic rings. The van der Waals surface area contributed by atoms with E-state index in [1.54, 1.807) is 0 Å². The Morgan fingerprint density at radius 3 is 2.41 bits per heavy atom. The topological polar surface area (TPSA) is 32.3 Å². The summed E-state index contributed by atoms with van der Waals surface area (Å²) >= 11 is 0. The maximum Gasteiger partial charge on any atom is 0.0626 e. The van der Waals surface area contributed by atoms with Crippen molar-refractivity contribution >= 4 is 0 Å². The van der Waals surface area contributed by atoms with Gasteiger partial charge in [0.05, 0.1) is 12.6 Å². The lowest BCUT2D eigenvalue weighted by atomic mass is 9.84. The van der Waals surface area contributed by atoms with Gasteiger partial charge in [-0.25, -0.2) is 0 Å². The highest BCUT2D eigenvalue weighted by atomic mass is 16.3. The van der Waals surface area contributed by atoms with Gasteiger partial charge in [0.25, 0.3) is 0 Å². The first-order chi connectivity index (χ1) is 7.90. The fourth-order valence-corrected chi connectivity index (χ4v) is 2.00. The minimum atomic E-state index is 0.0438. The monoisotopic (exact) mass is 235 g/mol. The van der Waals surface area contributed by atoms with Gasteiger partial charge >= 0.3 is 0 Å². The number of aliphatic hydroxyl groups is 1. The second kappa shape index (κ2) is 5.65. The van der Waals surface area contributed by atoms with Crippen molar-refractivity contribution in [2.24, 2.45) is 0 Å². The number of rotatable bonds is 4. The number of hydrogen-bond acceptors (Lipinski definition) is 2. The molecule has 1 rings (SSSR count). The fourth-order valence-electron chi connectivity index (χ4n) is 2.00. The Kier molecular flexibility index (Phi) is 4.72. The van der Waals surface area contributed by atoms with Crippen LogP contribution in [-0.2, 0) is 5.41 Å². The van der Waals surface area contributed by atoms with Crippen LogP contribution in [0.15, 0.2) is 18.2 Å². The molecule has 0 spiro atoms. The predicted octanol–water partition coefficient (Wildman–Crippen LogP) is 2.94. The third kappa shape index (κ3) is 3.55. The van der Waals surface area contributed by atoms with Gasteiger partial charge in [0.2, 0.25) is 0 Å². The van der Waals surface area contributed by atoms with E-state index in [0.29, 0.717) is 0 Å². The molecular weight excluding hydrogens is 210 g/mol. The van der Waals surface area contributed by atoms with Gasteiger partial charge in [0, 0.05) is 0 Å². The quantitative estimate of drug-likeness (QED) is 0.841. The Labute approximate surface area is 105 Å². The number of aryl methyl sites for hydroxylation is 1. The standard InChI is InChI=1S/C15H25NO/c1-6-16-14(10-17)13-9-12(15(3,4)5)8-7-11(13)2/h7-9,14,16-17H,6,10H2,1-5H3. The Hall–Kier alpha value is -0.860. The first-order valence-corrected chi connectivity index (χ1v) is 6.35. The molecule has 0 heterocycles. The summed E-state index contributed by atoms with van der Waals surface area (Å²) < 4.78 is 0. The lowest BCUT2D eigenvalue weighted by Gasteiger charge is -2.24. The zero-order chi connectivity index (χ0) is 13.1. The van der Waals surface area contributed by atoms with Gasteiger partial charge in [-0.15, -0.1) is 0 Å². The molecule has 0 aliphatic heterocycles. The molecule has 0 aliphatic rings. The average Bonchev–Trinajstić information content (AvgIpc) is 2.25. The van der Waals surface area contributed by atoms with Gasteiger partial charge in [-0.3, -0.25) is 0 Å². The number of nitrogens with one attached hydrogen (secondary N) is 1. The van der Waals surface area contributed by atoms with Crippen molar-refractivity contribution in [3.05, 3.63) is 34.9 Å². The molecule has 0 aromatic heterocycles. The van der Waals surface area contributed by atoms with Crippen LogP contribution in [0.3, 0.4) is 0 Å². The van der Waals surface area contributed by atoms with E-state index in [9.17, 15) is 5.11 Å². The highest BCUT2D eigenvalue weighted by molar-refractivity contribution is 5.36. The van der Waals surface area contributed by atoms with Gasteiger partial charge in [-0.05, 0) is 35.6 Å². The zero-order valence-electron chi connectivity index (χ0n) is 11.7. The molecule has 1 unspecified atom stereocenters. The molecule has 2 nitrogen and oxygen atoms in total. The van der Waals surface area contributed by atoms with E-state index in [4.69, 9.17) is 0 Å². The van der Waals surface area contributed by atoms with E-state index in [2.05, 4.69) is 58.1 Å². The number of benzene rings is 1. The molecule has 0 amide bonds. The van der Waals surface area contributed by atoms with Crippen LogP contribution in [0.2, 0.25) is 0 Å². The molecule has 0 saturated heterocycles. The van der Waals surface area contributed by atoms with E-state index < -0.39 is 0 Å². The van der Waals surface area contributed by atoms with Crippen molar-refractivity contribution in [1.82, 2.24) is 5.32 Å². The second-order valence-corrected chi connectivity index (χ2v) is 5.61. The Balaban J connectivity index is 3.13. The first-order valence-electron chi connectivity index (χ1n) is 6.35. The Morgan fingerprint density at radius 2 is 1.94 bits per heavy atom. The fraction of sp³-hybridized carbons (Fsp3) is 0.600. The lowest BCUT2D eigenvalue weighted by Crippen LogP contribution is -2.25. The number of hydrogen-bond donors (Lipinski definition) is 2. The van der Waals surface area contributed by atoms with Crippen LogP contribution < -0.4 is 5.32 Å². The van der Waals surface area contributed by atoms with Crippen molar-refractivity contribution < 1.29 is 5.11 Å². The van der Waals surface area contributed by atoms with E-state index in [1.165, 1.54) is 16.7 Å². The summed E-state index contributed by atoms with van der Waals surface area (Å²) in [5, 5.41) is 12.8. The molecule has 0 aliphatic carbocycles. The minimum absolute atomic E-state index is 0.0438. The number of aliphatic hydroxyl groups excluding tert-OH is 1. The molecule has 0 radical (unpaired) electrons. The van der Waals surface area contributed by atoms with Gasteiger partial charge in [0.15, 0.2) is 0 Å². The van der Waals surface area contributed by atoms with E-state index in [-0.39, 0.29) is 18.1 Å². The maximum atomic E-state index is 9.47. The van der Waals surface area contributed by atoms with Crippen molar-refractivity contribution in [2.45, 2.75) is 46.1 Å². The van der Waals surface area contributed by atoms with Crippen LogP contribution in [0.5, 0.6) is 0 Å². The smallest absolute Gasteiger partial charge is 0.0626 e. The van der Waals surface area contributed by atoms with Crippen LogP contribution in [0.25, 0.3) is 0 Å². The van der Waals surface area contributed by atoms with Gasteiger partial charge in [-0.2, -0.15) is 0 Å². The van der Waals surface area contributed by atoms with Crippen molar-refractivity contribution in [2.75, 3.05) is 13.2 Å². The maximum absolute atomic E-state index is 9.47. The molecular formula is C15H25NO. The summed E-state index contributed by atoms with van der Waals surface area (Å²) in [7, 11) is 0. The van der Waals surface area contributed by atoms with E-state index in [1.807, 2.05) is 0 Å². The SMILES string of the molecule is CCNC(CO)c1cc(C(C)(C)C)ccc1C. The minimum Gasteiger partial charge on any atom is -0.394 e. The third-order valence-electron chi connectivity index (χ3n) is 3.15. The highest BCUT2D eigenvalue weighted by Gasteiger charge is 2.18. The van der Waals surface area contributed by atoms with Crippen LogP contribution in [0.4, 0.5) is 0 Å². The third-order valence-corrected chi connectivity index (χ3v) is 3.15. The molecule has 2 heteroatoms. The summed E-state index contributed by atoms with van der Waals surface area (Å²) in [5.41, 5.74) is 3.91. The molecule has 17 heavy (non-hydrogen) atoms. The van der Waals surface area contributed by atoms with E-state index >= 15 is 0 Å². The van der Waals surface area contributed by atoms with E-state index in [0.717, 1.165) is 6.54 Å². The van der Waals surface area contributed by atoms with Gasteiger partial charge in [0.1, 0.15) is 0 Å². The Bertz CT molecular complexity index is 366. The van der Waals surface area contributed by atoms with Crippen molar-refractivity contribution in [3.8, 4) is 0 Å². The average molecular weight is 235 g/mol. The van der Waals surface area contributed by atoms with Crippen molar-refractivity contribution in [1.29, 1.82) is 0 Å². The van der Waals surface area contributed by atoms with Crippen LogP contribution in [0.1, 0.15) is 50.4 Å². The highest BCUT2D eigenvalue weighted by Crippen LogP contribution is 2.27. The normalized spacial score (nSPS) is 13.8. The van der Waals surface area contributed by atoms with Crippen molar-refractivity contribution in [3.63, 3.8) is 0 Å². The molecule has 2 N–H and O–H groups in total. The largest absolute Gasteiger partial charge is 0.394 e. The molecule has 0 saturated carbocycles. The summed E-state index contributed by atoms with van der Waals surface area (Å²) in [6.45, 7) is 11.8. The molecule has 0 bridgehead atoms. The zero-order valence-corrected chi connectivity index (χ0v) is 11.7. The predicted molar refractivity (Wildman–Crippen MR) is 73.4 cm³/mol. The summed E-state index contributed by atoms with van der Waals surface area (Å²) in [6.07, 6.45) is 0. The Morgan fingerprint density at radius 1 is 1.29 bits per heavy atom. The second-order valence-electron chi connectivity index (χ2n) is 5.61. The van der Waals surface area contributed by atoms with Crippen LogP contribution >= 0.6 is 0 Å². The molecule has 1 aromatic carbocycles. The molecule has 1 atom stereocenters. The summed E-state index contributed by atoms with van der Waals surface area (Å²) in [5.74, 6) is 0. The lowest BCUT2D eigenvalue weighted by molar-refractivity contribution is 0.246. The summed E-state index contributed by atoms with van der Waals surface area (Å²) in [6, 6.07) is 6.59. The molecule has 96 valence electrons. The summed E-state index contributed by atoms with van der Waals surface area (Å²) in [4.78, 5) is 0. The van der Waals surface area contributed by atoms with Gasteiger partial charge in [-0.1, -0.05) is 45.9 Å². The number of likely N-dealkylation sites (N-methyl/N-ethyl adjacent to an activating group) is 1. The van der Waals surface area contributed by atoms with Crippen LogP contribution in [-0.4, -0.2) is 18.3 Å². The first kappa shape index (κ1) is 14.2. The van der Waals surface area contributed by atoms with Crippen LogP contribution in [0, 0.1) is 6.92 Å². The van der Waals surface area contributed by atoms with Gasteiger partial charge < -0.3 is 10.4 Å². The molecule has 0 fully saturated rings.